The van der Waals surface area contributed by atoms with E-state index < -0.39 is 36.4 Å². The van der Waals surface area contributed by atoms with Gasteiger partial charge in [0.15, 0.2) is 0 Å². The Morgan fingerprint density at radius 1 is 0.660 bits per heavy atom. The van der Waals surface area contributed by atoms with Crippen molar-refractivity contribution in [3.05, 3.63) is 83.9 Å². The highest BCUT2D eigenvalue weighted by Crippen LogP contribution is 2.22. The average molecular weight is 733 g/mol. The molecule has 0 atom stereocenters. The molecule has 3 aromatic rings. The van der Waals surface area contributed by atoms with Gasteiger partial charge in [0.2, 0.25) is 0 Å². The number of carboxylic acids is 3. The van der Waals surface area contributed by atoms with Crippen molar-refractivity contribution in [2.75, 3.05) is 41.3 Å². The second kappa shape index (κ2) is 18.2. The Labute approximate surface area is 275 Å². The highest BCUT2D eigenvalue weighted by Gasteiger charge is 2.39. The van der Waals surface area contributed by atoms with Gasteiger partial charge in [-0.3, -0.25) is 9.78 Å². The molecule has 4 rings (SSSR count). The maximum Gasteiger partial charge on any atom is 0.490 e. The van der Waals surface area contributed by atoms with Crippen LogP contribution in [0.15, 0.2) is 67.0 Å². The number of carbonyl (C=O) groups excluding carboxylic acids is 1. The predicted molar refractivity (Wildman–Crippen MR) is 155 cm³/mol. The van der Waals surface area contributed by atoms with Gasteiger partial charge in [0, 0.05) is 61.2 Å². The first-order valence-electron chi connectivity index (χ1n) is 13.4. The smallest absolute Gasteiger partial charge is 0.475 e. The van der Waals surface area contributed by atoms with Gasteiger partial charge in [-0.15, -0.1) is 0 Å². The van der Waals surface area contributed by atoms with Crippen molar-refractivity contribution in [2.45, 2.75) is 25.5 Å². The fourth-order valence-corrected chi connectivity index (χ4v) is 3.50. The number of aryl methyl sites for hydroxylation is 1. The van der Waals surface area contributed by atoms with Crippen molar-refractivity contribution in [2.24, 2.45) is 0 Å². The number of pyridine rings is 1. The van der Waals surface area contributed by atoms with Crippen LogP contribution < -0.4 is 15.1 Å². The number of hydrogen-bond acceptors (Lipinski definition) is 7. The van der Waals surface area contributed by atoms with E-state index in [2.05, 4.69) is 20.1 Å². The van der Waals surface area contributed by atoms with Crippen LogP contribution in [0.5, 0.6) is 0 Å². The summed E-state index contributed by atoms with van der Waals surface area (Å²) in [5.41, 5.74) is 3.76. The molecule has 274 valence electrons. The van der Waals surface area contributed by atoms with E-state index in [1.807, 2.05) is 42.7 Å². The second-order valence-electron chi connectivity index (χ2n) is 9.56. The van der Waals surface area contributed by atoms with E-state index in [9.17, 15) is 48.7 Å². The van der Waals surface area contributed by atoms with Crippen LogP contribution in [0.4, 0.5) is 61.0 Å². The van der Waals surface area contributed by atoms with E-state index in [1.165, 1.54) is 11.8 Å². The summed E-state index contributed by atoms with van der Waals surface area (Å²) in [4.78, 5) is 48.0. The van der Waals surface area contributed by atoms with E-state index in [4.69, 9.17) is 29.7 Å². The molecule has 0 unspecified atom stereocenters. The number of rotatable bonds is 4. The van der Waals surface area contributed by atoms with E-state index in [0.29, 0.717) is 16.8 Å². The van der Waals surface area contributed by atoms with Gasteiger partial charge in [0.05, 0.1) is 0 Å². The van der Waals surface area contributed by atoms with Crippen molar-refractivity contribution in [1.82, 2.24) is 4.98 Å². The van der Waals surface area contributed by atoms with E-state index in [1.54, 1.807) is 25.1 Å². The fraction of sp³-hybridized carbons (Fsp3) is 0.276. The summed E-state index contributed by atoms with van der Waals surface area (Å²) >= 11 is 0. The molecule has 4 N–H and O–H groups in total. The minimum atomic E-state index is -5.08. The lowest BCUT2D eigenvalue weighted by Crippen LogP contribution is -2.46. The molecule has 1 aliphatic heterocycles. The summed E-state index contributed by atoms with van der Waals surface area (Å²) < 4.78 is 109. The molecule has 11 nitrogen and oxygen atoms in total. The van der Waals surface area contributed by atoms with E-state index >= 15 is 0 Å². The third kappa shape index (κ3) is 15.1. The van der Waals surface area contributed by atoms with Crippen LogP contribution in [-0.2, 0) is 14.4 Å². The number of alkyl halides is 9. The largest absolute Gasteiger partial charge is 0.490 e. The molecule has 0 aliphatic carbocycles. The Kier molecular flexibility index (Phi) is 15.4. The molecule has 1 fully saturated rings. The van der Waals surface area contributed by atoms with Gasteiger partial charge in [-0.05, 0) is 55.0 Å². The Balaban J connectivity index is 0.000000486. The molecular weight excluding hydrogens is 706 g/mol. The van der Waals surface area contributed by atoms with Crippen LogP contribution in [0.25, 0.3) is 0 Å². The minimum absolute atomic E-state index is 0.245. The summed E-state index contributed by atoms with van der Waals surface area (Å²) in [5.74, 6) is -8.85. The number of anilines is 3. The van der Waals surface area contributed by atoms with Crippen molar-refractivity contribution in [3.63, 3.8) is 0 Å². The van der Waals surface area contributed by atoms with Crippen molar-refractivity contribution < 1.29 is 78.4 Å². The van der Waals surface area contributed by atoms with Crippen LogP contribution >= 0.6 is 0 Å². The number of hydrogen-bond donors (Lipinski definition) is 4. The summed E-state index contributed by atoms with van der Waals surface area (Å²) in [5, 5.41) is 24.1. The van der Waals surface area contributed by atoms with Crippen LogP contribution in [0, 0.1) is 12.7 Å². The Bertz CT molecular complexity index is 1540. The number of benzene rings is 2. The number of piperazine rings is 1. The molecule has 0 spiro atoms. The van der Waals surface area contributed by atoms with Gasteiger partial charge in [0.25, 0.3) is 5.91 Å². The number of nitrogens with zero attached hydrogens (tertiary/aromatic N) is 3. The molecule has 2 heterocycles. The lowest BCUT2D eigenvalue weighted by molar-refractivity contribution is -0.193. The number of amides is 1. The number of aromatic nitrogens is 1. The molecule has 21 heteroatoms. The predicted octanol–water partition coefficient (Wildman–Crippen LogP) is 6.01. The topological polar surface area (TPSA) is 160 Å². The average Bonchev–Trinajstić information content (AvgIpc) is 3.03. The first-order chi connectivity index (χ1) is 22.9. The van der Waals surface area contributed by atoms with Crippen molar-refractivity contribution in [1.29, 1.82) is 0 Å². The van der Waals surface area contributed by atoms with Crippen molar-refractivity contribution >= 4 is 40.9 Å². The minimum Gasteiger partial charge on any atom is -0.475 e. The number of halogens is 10. The van der Waals surface area contributed by atoms with E-state index in [0.717, 1.165) is 31.9 Å². The van der Waals surface area contributed by atoms with Gasteiger partial charge in [-0.25, -0.2) is 18.8 Å². The highest BCUT2D eigenvalue weighted by molar-refractivity contribution is 6.04. The number of aliphatic carboxylic acids is 3. The van der Waals surface area contributed by atoms with Gasteiger partial charge in [0.1, 0.15) is 5.82 Å². The van der Waals surface area contributed by atoms with Crippen LogP contribution in [0.3, 0.4) is 0 Å². The summed E-state index contributed by atoms with van der Waals surface area (Å²) in [7, 11) is 0. The standard InChI is InChI=1S/C23H23FN4O.3C2HF3O2/c1-17-5-6-19(16-22(17)24)26-23(29)18-3-2-4-21(15-18)28-13-11-27(12-14-28)20-7-9-25-10-8-20;3*3-2(4,5)1(6)7/h2-10,15-16H,11-14H2,1H3,(H,26,29);3*(H,6,7). The van der Waals surface area contributed by atoms with Gasteiger partial charge >= 0.3 is 36.4 Å². The fourth-order valence-electron chi connectivity index (χ4n) is 3.50. The van der Waals surface area contributed by atoms with Crippen LogP contribution in [-0.4, -0.2) is 88.8 Å². The third-order valence-electron chi connectivity index (χ3n) is 5.94. The van der Waals surface area contributed by atoms with Crippen LogP contribution in [0.2, 0.25) is 0 Å². The number of carboxylic acid groups (broad SMARTS) is 3. The summed E-state index contributed by atoms with van der Waals surface area (Å²) in [6.45, 7) is 5.25. The Morgan fingerprint density at radius 3 is 1.48 bits per heavy atom. The first kappa shape index (κ1) is 42.4. The SMILES string of the molecule is Cc1ccc(NC(=O)c2cccc(N3CCN(c4ccncc4)CC3)c2)cc1F.O=C(O)C(F)(F)F.O=C(O)C(F)(F)F.O=C(O)C(F)(F)F. The molecule has 0 saturated carbocycles. The Morgan fingerprint density at radius 2 is 1.08 bits per heavy atom. The van der Waals surface area contributed by atoms with E-state index in [-0.39, 0.29) is 11.7 Å². The second-order valence-corrected chi connectivity index (χ2v) is 9.56. The van der Waals surface area contributed by atoms with Gasteiger partial charge in [-0.1, -0.05) is 12.1 Å². The zero-order valence-corrected chi connectivity index (χ0v) is 25.3. The molecule has 1 aliphatic rings. The van der Waals surface area contributed by atoms with Crippen LogP contribution in [0.1, 0.15) is 15.9 Å². The lowest BCUT2D eigenvalue weighted by Gasteiger charge is -2.37. The quantitative estimate of drug-likeness (QED) is 0.234. The molecule has 0 radical (unpaired) electrons. The zero-order chi connectivity index (χ0) is 38.4. The maximum atomic E-state index is 13.7. The molecule has 2 aromatic carbocycles. The summed E-state index contributed by atoms with van der Waals surface area (Å²) in [6, 6.07) is 16.3. The molecule has 1 amide bonds. The molecule has 50 heavy (non-hydrogen) atoms. The Hall–Kier alpha value is -5.63. The van der Waals surface area contributed by atoms with Gasteiger partial charge < -0.3 is 30.4 Å². The van der Waals surface area contributed by atoms with Gasteiger partial charge in [-0.2, -0.15) is 39.5 Å². The summed E-state index contributed by atoms with van der Waals surface area (Å²) in [6.07, 6.45) is -11.6. The highest BCUT2D eigenvalue weighted by atomic mass is 19.4. The molecule has 1 saturated heterocycles. The number of carbonyl (C=O) groups is 4. The first-order valence-corrected chi connectivity index (χ1v) is 13.4. The van der Waals surface area contributed by atoms with Crippen molar-refractivity contribution in [3.8, 4) is 0 Å². The molecular formula is C29H26F10N4O7. The maximum absolute atomic E-state index is 13.7. The zero-order valence-electron chi connectivity index (χ0n) is 25.3. The molecule has 0 bridgehead atoms. The molecule has 1 aromatic heterocycles. The normalized spacial score (nSPS) is 12.9. The third-order valence-corrected chi connectivity index (χ3v) is 5.94. The number of nitrogens with one attached hydrogen (secondary N) is 1. The monoisotopic (exact) mass is 732 g/mol. The lowest BCUT2D eigenvalue weighted by atomic mass is 10.1.